The average Bonchev–Trinajstić information content (AvgIpc) is 2.68. The second-order valence-corrected chi connectivity index (χ2v) is 8.27. The van der Waals surface area contributed by atoms with Crippen molar-refractivity contribution in [3.05, 3.63) is 59.2 Å². The molecule has 0 radical (unpaired) electrons. The molecule has 0 spiro atoms. The minimum absolute atomic E-state index is 0.0921. The molecule has 0 saturated heterocycles. The molecule has 2 rings (SSSR count). The van der Waals surface area contributed by atoms with E-state index in [2.05, 4.69) is 10.0 Å². The molecule has 2 N–H and O–H groups in total. The van der Waals surface area contributed by atoms with E-state index in [1.165, 1.54) is 19.2 Å². The Morgan fingerprint density at radius 2 is 1.71 bits per heavy atom. The van der Waals surface area contributed by atoms with Crippen LogP contribution in [0.4, 0.5) is 5.69 Å². The lowest BCUT2D eigenvalue weighted by Gasteiger charge is -2.10. The number of benzene rings is 2. The maximum absolute atomic E-state index is 12.0. The summed E-state index contributed by atoms with van der Waals surface area (Å²) in [4.78, 5) is 24.0. The van der Waals surface area contributed by atoms with E-state index in [1.54, 1.807) is 12.1 Å². The third-order valence-corrected chi connectivity index (χ3v) is 5.58. The van der Waals surface area contributed by atoms with Crippen LogP contribution in [0.3, 0.4) is 0 Å². The van der Waals surface area contributed by atoms with E-state index in [9.17, 15) is 18.0 Å². The first kappa shape index (κ1) is 21.6. The van der Waals surface area contributed by atoms with E-state index < -0.39 is 21.9 Å². The van der Waals surface area contributed by atoms with Crippen LogP contribution in [0.1, 0.15) is 23.1 Å². The van der Waals surface area contributed by atoms with E-state index in [4.69, 9.17) is 4.74 Å². The Bertz CT molecular complexity index is 953. The van der Waals surface area contributed by atoms with Crippen LogP contribution >= 0.6 is 0 Å². The molecule has 2 aromatic rings. The fourth-order valence-electron chi connectivity index (χ4n) is 2.47. The predicted octanol–water partition coefficient (Wildman–Crippen LogP) is 2.33. The third-order valence-electron chi connectivity index (χ3n) is 4.15. The molecule has 0 aliphatic rings. The number of ether oxygens (including phenoxy) is 1. The number of sulfonamides is 1. The normalized spacial score (nSPS) is 11.1. The quantitative estimate of drug-likeness (QED) is 0.658. The number of amides is 1. The van der Waals surface area contributed by atoms with Crippen molar-refractivity contribution >= 4 is 27.6 Å². The van der Waals surface area contributed by atoms with Gasteiger partial charge in [0.15, 0.2) is 6.61 Å². The van der Waals surface area contributed by atoms with Crippen molar-refractivity contribution in [2.24, 2.45) is 0 Å². The Labute approximate surface area is 165 Å². The lowest BCUT2D eigenvalue weighted by atomic mass is 10.1. The average molecular weight is 404 g/mol. The largest absolute Gasteiger partial charge is 0.456 e. The van der Waals surface area contributed by atoms with Gasteiger partial charge in [0.05, 0.1) is 4.90 Å². The zero-order valence-electron chi connectivity index (χ0n) is 16.1. The molecule has 8 heteroatoms. The van der Waals surface area contributed by atoms with Crippen LogP contribution in [0.15, 0.2) is 47.4 Å². The van der Waals surface area contributed by atoms with Crippen molar-refractivity contribution in [2.45, 2.75) is 31.6 Å². The number of carbonyl (C=O) groups is 2. The molecule has 0 fully saturated rings. The molecule has 7 nitrogen and oxygen atoms in total. The highest BCUT2D eigenvalue weighted by Crippen LogP contribution is 2.16. The van der Waals surface area contributed by atoms with E-state index in [0.717, 1.165) is 16.7 Å². The van der Waals surface area contributed by atoms with E-state index in [1.807, 2.05) is 32.0 Å². The summed E-state index contributed by atoms with van der Waals surface area (Å²) in [6.07, 6.45) is 0.478. The molecule has 0 aliphatic heterocycles. The molecule has 0 aromatic heterocycles. The summed E-state index contributed by atoms with van der Waals surface area (Å²) < 4.78 is 30.6. The Morgan fingerprint density at radius 3 is 2.36 bits per heavy atom. The van der Waals surface area contributed by atoms with Gasteiger partial charge in [-0.25, -0.2) is 13.1 Å². The molecule has 0 atom stereocenters. The van der Waals surface area contributed by atoms with Gasteiger partial charge in [0.1, 0.15) is 0 Å². The highest BCUT2D eigenvalue weighted by Gasteiger charge is 2.12. The summed E-state index contributed by atoms with van der Waals surface area (Å²) in [7, 11) is -2.14. The van der Waals surface area contributed by atoms with Gasteiger partial charge in [0.25, 0.3) is 5.91 Å². The highest BCUT2D eigenvalue weighted by molar-refractivity contribution is 7.89. The molecule has 1 amide bonds. The fourth-order valence-corrected chi connectivity index (χ4v) is 3.20. The Balaban J connectivity index is 1.79. The summed E-state index contributed by atoms with van der Waals surface area (Å²) in [5.41, 5.74) is 3.44. The molecule has 150 valence electrons. The van der Waals surface area contributed by atoms with Crippen LogP contribution in [0.5, 0.6) is 0 Å². The first-order valence-electron chi connectivity index (χ1n) is 8.76. The van der Waals surface area contributed by atoms with Crippen LogP contribution in [0, 0.1) is 13.8 Å². The smallest absolute Gasteiger partial charge is 0.306 e. The standard InChI is InChI=1S/C20H24N2O5S/c1-14-4-5-15(2)18(12-14)22-19(23)13-27-20(24)11-8-16-6-9-17(10-7-16)28(25,26)21-3/h4-7,9-10,12,21H,8,11,13H2,1-3H3,(H,22,23). The number of nitrogens with one attached hydrogen (secondary N) is 2. The van der Waals surface area contributed by atoms with E-state index in [-0.39, 0.29) is 17.9 Å². The zero-order valence-corrected chi connectivity index (χ0v) is 16.9. The molecule has 0 aliphatic carbocycles. The van der Waals surface area contributed by atoms with Crippen molar-refractivity contribution in [3.63, 3.8) is 0 Å². The summed E-state index contributed by atoms with van der Waals surface area (Å²) in [6.45, 7) is 3.45. The van der Waals surface area contributed by atoms with Gasteiger partial charge in [-0.2, -0.15) is 0 Å². The molecule has 0 bridgehead atoms. The maximum Gasteiger partial charge on any atom is 0.306 e. The van der Waals surface area contributed by atoms with Gasteiger partial charge in [0.2, 0.25) is 10.0 Å². The van der Waals surface area contributed by atoms with Crippen LogP contribution in [0.2, 0.25) is 0 Å². The molecular weight excluding hydrogens is 380 g/mol. The number of hydrogen-bond acceptors (Lipinski definition) is 5. The monoisotopic (exact) mass is 404 g/mol. The highest BCUT2D eigenvalue weighted by atomic mass is 32.2. The van der Waals surface area contributed by atoms with Crippen LogP contribution in [-0.2, 0) is 30.8 Å². The van der Waals surface area contributed by atoms with Gasteiger partial charge < -0.3 is 10.1 Å². The number of aryl methyl sites for hydroxylation is 3. The van der Waals surface area contributed by atoms with Crippen molar-refractivity contribution < 1.29 is 22.7 Å². The fraction of sp³-hybridized carbons (Fsp3) is 0.300. The van der Waals surface area contributed by atoms with Crippen LogP contribution < -0.4 is 10.0 Å². The molecule has 28 heavy (non-hydrogen) atoms. The number of esters is 1. The van der Waals surface area contributed by atoms with E-state index in [0.29, 0.717) is 12.1 Å². The molecule has 0 saturated carbocycles. The van der Waals surface area contributed by atoms with Gasteiger partial charge >= 0.3 is 5.97 Å². The molecule has 0 unspecified atom stereocenters. The lowest BCUT2D eigenvalue weighted by Crippen LogP contribution is -2.21. The number of carbonyl (C=O) groups excluding carboxylic acids is 2. The first-order valence-corrected chi connectivity index (χ1v) is 10.2. The predicted molar refractivity (Wildman–Crippen MR) is 107 cm³/mol. The third kappa shape index (κ3) is 6.17. The van der Waals surface area contributed by atoms with Gasteiger partial charge in [-0.1, -0.05) is 24.3 Å². The van der Waals surface area contributed by atoms with Gasteiger partial charge in [-0.15, -0.1) is 0 Å². The summed E-state index contributed by atoms with van der Waals surface area (Å²) in [5, 5.41) is 2.73. The minimum atomic E-state index is -3.48. The molecule has 0 heterocycles. The van der Waals surface area contributed by atoms with Crippen LogP contribution in [0.25, 0.3) is 0 Å². The van der Waals surface area contributed by atoms with Crippen molar-refractivity contribution in [1.82, 2.24) is 4.72 Å². The Kier molecular flexibility index (Phi) is 7.31. The van der Waals surface area contributed by atoms with Crippen molar-refractivity contribution in [2.75, 3.05) is 19.0 Å². The number of hydrogen-bond donors (Lipinski definition) is 2. The van der Waals surface area contributed by atoms with Gasteiger partial charge in [-0.05, 0) is 62.2 Å². The van der Waals surface area contributed by atoms with Gasteiger partial charge in [-0.3, -0.25) is 9.59 Å². The number of anilines is 1. The SMILES string of the molecule is CNS(=O)(=O)c1ccc(CCC(=O)OCC(=O)Nc2cc(C)ccc2C)cc1. The van der Waals surface area contributed by atoms with Crippen molar-refractivity contribution in [1.29, 1.82) is 0 Å². The summed E-state index contributed by atoms with van der Waals surface area (Å²) >= 11 is 0. The zero-order chi connectivity index (χ0) is 20.7. The topological polar surface area (TPSA) is 102 Å². The van der Waals surface area contributed by atoms with Crippen LogP contribution in [-0.4, -0.2) is 33.9 Å². The number of rotatable bonds is 8. The second-order valence-electron chi connectivity index (χ2n) is 6.38. The Hall–Kier alpha value is -2.71. The lowest BCUT2D eigenvalue weighted by molar-refractivity contribution is -0.147. The van der Waals surface area contributed by atoms with Crippen molar-refractivity contribution in [3.8, 4) is 0 Å². The van der Waals surface area contributed by atoms with E-state index >= 15 is 0 Å². The maximum atomic E-state index is 12.0. The molecule has 2 aromatic carbocycles. The summed E-state index contributed by atoms with van der Waals surface area (Å²) in [6, 6.07) is 12.0. The summed E-state index contributed by atoms with van der Waals surface area (Å²) in [5.74, 6) is -0.897. The first-order chi connectivity index (χ1) is 13.2. The second kappa shape index (κ2) is 9.48. The molecular formula is C20H24N2O5S. The minimum Gasteiger partial charge on any atom is -0.456 e. The Morgan fingerprint density at radius 1 is 1.04 bits per heavy atom. The van der Waals surface area contributed by atoms with Gasteiger partial charge in [0, 0.05) is 12.1 Å².